The smallest absolute Gasteiger partial charge is 0.337 e. The molecule has 4 nitrogen and oxygen atoms in total. The van der Waals surface area contributed by atoms with Gasteiger partial charge in [-0.15, -0.1) is 0 Å². The van der Waals surface area contributed by atoms with E-state index in [9.17, 15) is 18.7 Å². The van der Waals surface area contributed by atoms with Crippen molar-refractivity contribution in [2.45, 2.75) is 25.9 Å². The van der Waals surface area contributed by atoms with Crippen molar-refractivity contribution in [3.05, 3.63) is 93.2 Å². The standard InChI is InChI=1S/C24H18BrF2NO3/c25-20-5-2-6-22(31-13-14-7-8-17(26)10-21(14)27)23(20)19-4-1-3-18(19)15-9-16(24(29)30)12-28-11-15/h2,5-12H,1,3-4,13H2,(H,29,30). The number of hydrogen-bond donors (Lipinski definition) is 1. The van der Waals surface area contributed by atoms with Crippen LogP contribution in [-0.2, 0) is 6.61 Å². The molecule has 0 unspecified atom stereocenters. The molecular formula is C24H18BrF2NO3. The number of allylic oxidation sites excluding steroid dienone is 2. The number of carboxylic acids is 1. The number of hydrogen-bond acceptors (Lipinski definition) is 3. The summed E-state index contributed by atoms with van der Waals surface area (Å²) in [5.74, 6) is -1.76. The number of carbonyl (C=O) groups is 1. The van der Waals surface area contributed by atoms with Gasteiger partial charge in [-0.2, -0.15) is 0 Å². The van der Waals surface area contributed by atoms with Gasteiger partial charge < -0.3 is 9.84 Å². The van der Waals surface area contributed by atoms with Crippen LogP contribution in [0.25, 0.3) is 11.1 Å². The highest BCUT2D eigenvalue weighted by Gasteiger charge is 2.23. The highest BCUT2D eigenvalue weighted by molar-refractivity contribution is 9.10. The number of aromatic nitrogens is 1. The van der Waals surface area contributed by atoms with Crippen LogP contribution in [0.3, 0.4) is 0 Å². The van der Waals surface area contributed by atoms with E-state index >= 15 is 0 Å². The van der Waals surface area contributed by atoms with Crippen LogP contribution in [0.5, 0.6) is 5.75 Å². The van der Waals surface area contributed by atoms with Crippen LogP contribution in [0.2, 0.25) is 0 Å². The van der Waals surface area contributed by atoms with Crippen LogP contribution in [-0.4, -0.2) is 16.1 Å². The molecule has 3 aromatic rings. The fraction of sp³-hybridized carbons (Fsp3) is 0.167. The third-order valence-corrected chi connectivity index (χ3v) is 5.89. The fourth-order valence-corrected chi connectivity index (χ4v) is 4.36. The number of halogens is 3. The Kier molecular flexibility index (Phi) is 6.13. The van der Waals surface area contributed by atoms with Crippen molar-refractivity contribution in [1.29, 1.82) is 0 Å². The van der Waals surface area contributed by atoms with E-state index in [4.69, 9.17) is 4.74 Å². The molecule has 1 aliphatic carbocycles. The monoisotopic (exact) mass is 485 g/mol. The predicted octanol–water partition coefficient (Wildman–Crippen LogP) is 6.49. The molecule has 0 aliphatic heterocycles. The molecular weight excluding hydrogens is 468 g/mol. The quantitative estimate of drug-likeness (QED) is 0.433. The lowest BCUT2D eigenvalue weighted by molar-refractivity contribution is 0.0696. The van der Waals surface area contributed by atoms with E-state index in [-0.39, 0.29) is 17.7 Å². The third kappa shape index (κ3) is 4.51. The molecule has 4 rings (SSSR count). The highest BCUT2D eigenvalue weighted by atomic mass is 79.9. The topological polar surface area (TPSA) is 59.4 Å². The number of benzene rings is 2. The molecule has 1 aromatic heterocycles. The van der Waals surface area contributed by atoms with Gasteiger partial charge in [0.25, 0.3) is 0 Å². The summed E-state index contributed by atoms with van der Waals surface area (Å²) in [6.45, 7) is -0.0474. The Balaban J connectivity index is 1.72. The Bertz CT molecular complexity index is 1190. The van der Waals surface area contributed by atoms with Crippen molar-refractivity contribution >= 4 is 33.0 Å². The molecule has 158 valence electrons. The first kappa shape index (κ1) is 21.2. The number of aromatic carboxylic acids is 1. The maximum absolute atomic E-state index is 14.0. The van der Waals surface area contributed by atoms with Gasteiger partial charge in [0, 0.05) is 34.1 Å². The summed E-state index contributed by atoms with van der Waals surface area (Å²) < 4.78 is 34.0. The van der Waals surface area contributed by atoms with Gasteiger partial charge in [0.1, 0.15) is 24.0 Å². The maximum atomic E-state index is 14.0. The summed E-state index contributed by atoms with van der Waals surface area (Å²) in [6, 6.07) is 10.6. The second-order valence-corrected chi connectivity index (χ2v) is 8.07. The Morgan fingerprint density at radius 2 is 1.90 bits per heavy atom. The van der Waals surface area contributed by atoms with E-state index in [1.54, 1.807) is 18.3 Å². The molecule has 0 bridgehead atoms. The number of rotatable bonds is 6. The molecule has 0 saturated heterocycles. The van der Waals surface area contributed by atoms with Crippen molar-refractivity contribution in [3.8, 4) is 5.75 Å². The zero-order valence-electron chi connectivity index (χ0n) is 16.4. The minimum Gasteiger partial charge on any atom is -0.488 e. The second kappa shape index (κ2) is 8.98. The number of carboxylic acid groups (broad SMARTS) is 1. The van der Waals surface area contributed by atoms with Gasteiger partial charge in [0.15, 0.2) is 0 Å². The van der Waals surface area contributed by atoms with Crippen LogP contribution in [0.15, 0.2) is 59.3 Å². The normalized spacial score (nSPS) is 13.5. The van der Waals surface area contributed by atoms with Crippen LogP contribution >= 0.6 is 15.9 Å². The summed E-state index contributed by atoms with van der Waals surface area (Å²) in [6.07, 6.45) is 5.48. The van der Waals surface area contributed by atoms with Gasteiger partial charge in [-0.1, -0.05) is 22.0 Å². The maximum Gasteiger partial charge on any atom is 0.337 e. The van der Waals surface area contributed by atoms with E-state index < -0.39 is 17.6 Å². The van der Waals surface area contributed by atoms with Crippen molar-refractivity contribution in [2.75, 3.05) is 0 Å². The SMILES string of the molecule is O=C(O)c1cncc(C2=C(c3c(Br)cccc3OCc3ccc(F)cc3F)CCC2)c1. The van der Waals surface area contributed by atoms with Gasteiger partial charge >= 0.3 is 5.97 Å². The average Bonchev–Trinajstić information content (AvgIpc) is 3.22. The molecule has 31 heavy (non-hydrogen) atoms. The fourth-order valence-electron chi connectivity index (χ4n) is 3.77. The van der Waals surface area contributed by atoms with Gasteiger partial charge in [-0.25, -0.2) is 13.6 Å². The van der Waals surface area contributed by atoms with Crippen LogP contribution in [0.4, 0.5) is 8.78 Å². The van der Waals surface area contributed by atoms with E-state index in [1.807, 2.05) is 12.1 Å². The van der Waals surface area contributed by atoms with E-state index in [0.29, 0.717) is 5.75 Å². The summed E-state index contributed by atoms with van der Waals surface area (Å²) in [5, 5.41) is 9.30. The molecule has 0 saturated carbocycles. The Morgan fingerprint density at radius 3 is 2.68 bits per heavy atom. The molecule has 0 spiro atoms. The molecule has 1 N–H and O–H groups in total. The van der Waals surface area contributed by atoms with Gasteiger partial charge in [0.2, 0.25) is 0 Å². The minimum absolute atomic E-state index is 0.0474. The van der Waals surface area contributed by atoms with Crippen LogP contribution in [0.1, 0.15) is 46.3 Å². The molecule has 1 aliphatic rings. The zero-order valence-corrected chi connectivity index (χ0v) is 18.0. The first-order chi connectivity index (χ1) is 14.9. The van der Waals surface area contributed by atoms with E-state index in [0.717, 1.165) is 52.1 Å². The summed E-state index contributed by atoms with van der Waals surface area (Å²) in [7, 11) is 0. The molecule has 0 radical (unpaired) electrons. The predicted molar refractivity (Wildman–Crippen MR) is 117 cm³/mol. The van der Waals surface area contributed by atoms with Gasteiger partial charge in [-0.3, -0.25) is 4.98 Å². The summed E-state index contributed by atoms with van der Waals surface area (Å²) in [4.78, 5) is 15.4. The highest BCUT2D eigenvalue weighted by Crippen LogP contribution is 2.45. The van der Waals surface area contributed by atoms with Gasteiger partial charge in [-0.05, 0) is 66.3 Å². The molecule has 7 heteroatoms. The first-order valence-electron chi connectivity index (χ1n) is 9.70. The zero-order chi connectivity index (χ0) is 22.0. The molecule has 1 heterocycles. The van der Waals surface area contributed by atoms with Crippen LogP contribution < -0.4 is 4.74 Å². The van der Waals surface area contributed by atoms with E-state index in [1.165, 1.54) is 18.3 Å². The molecule has 2 aromatic carbocycles. The lowest BCUT2D eigenvalue weighted by Crippen LogP contribution is -2.02. The average molecular weight is 486 g/mol. The number of nitrogens with zero attached hydrogens (tertiary/aromatic N) is 1. The van der Waals surface area contributed by atoms with Gasteiger partial charge in [0.05, 0.1) is 5.56 Å². The third-order valence-electron chi connectivity index (χ3n) is 5.23. The van der Waals surface area contributed by atoms with Crippen molar-refractivity contribution in [1.82, 2.24) is 4.98 Å². The molecule has 0 fully saturated rings. The molecule has 0 amide bonds. The lowest BCUT2D eigenvalue weighted by atomic mass is 9.96. The Morgan fingerprint density at radius 1 is 1.10 bits per heavy atom. The molecule has 0 atom stereocenters. The Hall–Kier alpha value is -3.06. The minimum atomic E-state index is -1.03. The summed E-state index contributed by atoms with van der Waals surface area (Å²) >= 11 is 3.60. The van der Waals surface area contributed by atoms with Crippen LogP contribution in [0, 0.1) is 11.6 Å². The van der Waals surface area contributed by atoms with E-state index in [2.05, 4.69) is 20.9 Å². The van der Waals surface area contributed by atoms with Crippen molar-refractivity contribution in [3.63, 3.8) is 0 Å². The Labute approximate surface area is 186 Å². The summed E-state index contributed by atoms with van der Waals surface area (Å²) in [5.41, 5.74) is 4.04. The lowest BCUT2D eigenvalue weighted by Gasteiger charge is -2.16. The second-order valence-electron chi connectivity index (χ2n) is 7.22. The number of pyridine rings is 1. The van der Waals surface area contributed by atoms with Crippen molar-refractivity contribution in [2.24, 2.45) is 0 Å². The van der Waals surface area contributed by atoms with Crippen molar-refractivity contribution < 1.29 is 23.4 Å². The number of ether oxygens (including phenoxy) is 1. The first-order valence-corrected chi connectivity index (χ1v) is 10.5. The largest absolute Gasteiger partial charge is 0.488 e.